The maximum Gasteiger partial charge on any atom is 0.418 e. The first kappa shape index (κ1) is 20.2. The highest BCUT2D eigenvalue weighted by Gasteiger charge is 2.34. The molecule has 0 aliphatic rings. The number of thiazole rings is 1. The summed E-state index contributed by atoms with van der Waals surface area (Å²) in [6, 6.07) is 12.8. The highest BCUT2D eigenvalue weighted by atomic mass is 32.1. The number of amides is 1. The molecule has 4 aromatic rings. The van der Waals surface area contributed by atoms with Crippen molar-refractivity contribution in [2.75, 3.05) is 5.32 Å². The van der Waals surface area contributed by atoms with Gasteiger partial charge in [0.05, 0.1) is 27.0 Å². The number of benzene rings is 2. The molecule has 0 aliphatic carbocycles. The average Bonchev–Trinajstić information content (AvgIpc) is 3.20. The molecule has 1 amide bonds. The lowest BCUT2D eigenvalue weighted by Crippen LogP contribution is -2.14. The molecule has 0 saturated heterocycles. The lowest BCUT2D eigenvalue weighted by Gasteiger charge is -2.16. The third kappa shape index (κ3) is 3.59. The summed E-state index contributed by atoms with van der Waals surface area (Å²) >= 11 is 1.35. The molecular weight excluding hydrogens is 411 g/mol. The molecule has 8 heteroatoms. The van der Waals surface area contributed by atoms with Gasteiger partial charge in [0.15, 0.2) is 5.13 Å². The smallest absolute Gasteiger partial charge is 0.317 e. The minimum absolute atomic E-state index is 0.00508. The Balaban J connectivity index is 1.71. The molecule has 0 unspecified atom stereocenters. The SMILES string of the molecule is Cc1ccc2nc(NC(=O)c3cc(C)n(-c4ccccc4C(F)(F)F)c3C)sc2c1. The number of aryl methyl sites for hydroxylation is 2. The second-order valence-corrected chi connectivity index (χ2v) is 8.11. The number of halogens is 3. The van der Waals surface area contributed by atoms with Crippen molar-refractivity contribution in [1.82, 2.24) is 9.55 Å². The molecule has 2 heterocycles. The number of rotatable bonds is 3. The topological polar surface area (TPSA) is 46.9 Å². The summed E-state index contributed by atoms with van der Waals surface area (Å²) in [7, 11) is 0. The largest absolute Gasteiger partial charge is 0.418 e. The summed E-state index contributed by atoms with van der Waals surface area (Å²) < 4.78 is 42.9. The number of hydrogen-bond donors (Lipinski definition) is 1. The van der Waals surface area contributed by atoms with Crippen LogP contribution in [0.15, 0.2) is 48.5 Å². The zero-order valence-corrected chi connectivity index (χ0v) is 17.3. The normalized spacial score (nSPS) is 11.8. The molecule has 0 bridgehead atoms. The Morgan fingerprint density at radius 3 is 2.53 bits per heavy atom. The number of nitrogens with one attached hydrogen (secondary N) is 1. The molecule has 4 rings (SSSR count). The van der Waals surface area contributed by atoms with E-state index in [0.717, 1.165) is 21.8 Å². The fourth-order valence-electron chi connectivity index (χ4n) is 3.52. The number of hydrogen-bond acceptors (Lipinski definition) is 3. The second kappa shape index (κ2) is 7.28. The lowest BCUT2D eigenvalue weighted by atomic mass is 10.1. The zero-order valence-electron chi connectivity index (χ0n) is 16.5. The van der Waals surface area contributed by atoms with Crippen LogP contribution in [-0.2, 0) is 6.18 Å². The zero-order chi connectivity index (χ0) is 21.6. The quantitative estimate of drug-likeness (QED) is 0.416. The molecule has 30 heavy (non-hydrogen) atoms. The molecule has 0 radical (unpaired) electrons. The van der Waals surface area contributed by atoms with Gasteiger partial charge in [-0.2, -0.15) is 13.2 Å². The van der Waals surface area contributed by atoms with Crippen LogP contribution in [-0.4, -0.2) is 15.5 Å². The van der Waals surface area contributed by atoms with E-state index in [1.807, 2.05) is 25.1 Å². The molecule has 0 atom stereocenters. The van der Waals surface area contributed by atoms with Gasteiger partial charge in [0.2, 0.25) is 0 Å². The van der Waals surface area contributed by atoms with E-state index < -0.39 is 17.6 Å². The van der Waals surface area contributed by atoms with Gasteiger partial charge < -0.3 is 4.57 Å². The number of para-hydroxylation sites is 1. The highest BCUT2D eigenvalue weighted by molar-refractivity contribution is 7.22. The summed E-state index contributed by atoms with van der Waals surface area (Å²) in [5, 5.41) is 3.22. The van der Waals surface area contributed by atoms with Gasteiger partial charge in [-0.05, 0) is 56.7 Å². The third-order valence-electron chi connectivity index (χ3n) is 4.89. The van der Waals surface area contributed by atoms with Crippen molar-refractivity contribution < 1.29 is 18.0 Å². The van der Waals surface area contributed by atoms with Gasteiger partial charge in [0.25, 0.3) is 5.91 Å². The van der Waals surface area contributed by atoms with E-state index in [9.17, 15) is 18.0 Å². The van der Waals surface area contributed by atoms with Gasteiger partial charge >= 0.3 is 6.18 Å². The van der Waals surface area contributed by atoms with E-state index in [-0.39, 0.29) is 5.69 Å². The number of aromatic nitrogens is 2. The minimum Gasteiger partial charge on any atom is -0.317 e. The highest BCUT2D eigenvalue weighted by Crippen LogP contribution is 2.35. The number of carbonyl (C=O) groups is 1. The summed E-state index contributed by atoms with van der Waals surface area (Å²) in [5.41, 5.74) is 2.39. The predicted octanol–water partition coefficient (Wildman–Crippen LogP) is 6.28. The van der Waals surface area contributed by atoms with Gasteiger partial charge in [-0.3, -0.25) is 10.1 Å². The van der Waals surface area contributed by atoms with Crippen LogP contribution in [0.4, 0.5) is 18.3 Å². The van der Waals surface area contributed by atoms with Crippen LogP contribution in [0.1, 0.15) is 32.9 Å². The molecule has 2 aromatic heterocycles. The van der Waals surface area contributed by atoms with Crippen LogP contribution in [0.25, 0.3) is 15.9 Å². The van der Waals surface area contributed by atoms with Crippen LogP contribution in [0.5, 0.6) is 0 Å². The maximum absolute atomic E-state index is 13.5. The molecule has 1 N–H and O–H groups in total. The first-order chi connectivity index (χ1) is 14.1. The van der Waals surface area contributed by atoms with Crippen molar-refractivity contribution in [3.05, 3.63) is 76.6 Å². The standard InChI is InChI=1S/C22H18F3N3OS/c1-12-8-9-17-19(10-12)30-21(26-17)27-20(29)15-11-13(2)28(14(15)3)18-7-5-4-6-16(18)22(23,24)25/h4-11H,1-3H3,(H,26,27,29). The number of alkyl halides is 3. The lowest BCUT2D eigenvalue weighted by molar-refractivity contribution is -0.137. The first-order valence-electron chi connectivity index (χ1n) is 9.19. The number of anilines is 1. The van der Waals surface area contributed by atoms with Crippen molar-refractivity contribution in [3.8, 4) is 5.69 Å². The van der Waals surface area contributed by atoms with Crippen LogP contribution in [0.2, 0.25) is 0 Å². The fourth-order valence-corrected chi connectivity index (χ4v) is 4.48. The Morgan fingerprint density at radius 2 is 1.80 bits per heavy atom. The van der Waals surface area contributed by atoms with E-state index in [0.29, 0.717) is 22.1 Å². The van der Waals surface area contributed by atoms with E-state index in [1.165, 1.54) is 28.0 Å². The van der Waals surface area contributed by atoms with Crippen molar-refractivity contribution in [2.24, 2.45) is 0 Å². The Morgan fingerprint density at radius 1 is 1.07 bits per heavy atom. The molecule has 2 aromatic carbocycles. The summed E-state index contributed by atoms with van der Waals surface area (Å²) in [6.45, 7) is 5.29. The molecular formula is C22H18F3N3OS. The molecule has 0 fully saturated rings. The van der Waals surface area contributed by atoms with Crippen molar-refractivity contribution >= 4 is 32.6 Å². The first-order valence-corrected chi connectivity index (χ1v) is 10.0. The minimum atomic E-state index is -4.50. The van der Waals surface area contributed by atoms with E-state index in [1.54, 1.807) is 26.0 Å². The monoisotopic (exact) mass is 429 g/mol. The van der Waals surface area contributed by atoms with Gasteiger partial charge in [-0.15, -0.1) is 0 Å². The Labute approximate surface area is 175 Å². The third-order valence-corrected chi connectivity index (χ3v) is 5.82. The van der Waals surface area contributed by atoms with Gasteiger partial charge in [0, 0.05) is 11.4 Å². The van der Waals surface area contributed by atoms with Crippen LogP contribution < -0.4 is 5.32 Å². The van der Waals surface area contributed by atoms with Crippen LogP contribution in [0, 0.1) is 20.8 Å². The summed E-state index contributed by atoms with van der Waals surface area (Å²) in [4.78, 5) is 17.3. The molecule has 154 valence electrons. The fraction of sp³-hybridized carbons (Fsp3) is 0.182. The number of fused-ring (bicyclic) bond motifs is 1. The Kier molecular flexibility index (Phi) is 4.89. The number of carbonyl (C=O) groups excluding carboxylic acids is 1. The molecule has 0 spiro atoms. The molecule has 4 nitrogen and oxygen atoms in total. The Hall–Kier alpha value is -3.13. The van der Waals surface area contributed by atoms with E-state index >= 15 is 0 Å². The van der Waals surface area contributed by atoms with E-state index in [4.69, 9.17) is 0 Å². The average molecular weight is 429 g/mol. The molecule has 0 saturated carbocycles. The van der Waals surface area contributed by atoms with Crippen LogP contribution >= 0.6 is 11.3 Å². The maximum atomic E-state index is 13.5. The van der Waals surface area contributed by atoms with E-state index in [2.05, 4.69) is 10.3 Å². The van der Waals surface area contributed by atoms with Crippen molar-refractivity contribution in [3.63, 3.8) is 0 Å². The summed E-state index contributed by atoms with van der Waals surface area (Å²) in [6.07, 6.45) is -4.50. The predicted molar refractivity (Wildman–Crippen MR) is 113 cm³/mol. The van der Waals surface area contributed by atoms with Gasteiger partial charge in [-0.25, -0.2) is 4.98 Å². The Bertz CT molecular complexity index is 1270. The summed E-state index contributed by atoms with van der Waals surface area (Å²) in [5.74, 6) is -0.408. The number of nitrogens with zero attached hydrogens (tertiary/aromatic N) is 2. The second-order valence-electron chi connectivity index (χ2n) is 7.08. The van der Waals surface area contributed by atoms with Crippen molar-refractivity contribution in [2.45, 2.75) is 26.9 Å². The van der Waals surface area contributed by atoms with Gasteiger partial charge in [0.1, 0.15) is 0 Å². The van der Waals surface area contributed by atoms with Crippen LogP contribution in [0.3, 0.4) is 0 Å². The molecule has 0 aliphatic heterocycles. The van der Waals surface area contributed by atoms with Gasteiger partial charge in [-0.1, -0.05) is 29.5 Å². The van der Waals surface area contributed by atoms with Crippen molar-refractivity contribution in [1.29, 1.82) is 0 Å².